The number of para-hydroxylation sites is 1. The lowest BCUT2D eigenvalue weighted by Crippen LogP contribution is -2.14. The molecule has 0 unspecified atom stereocenters. The lowest BCUT2D eigenvalue weighted by Gasteiger charge is -2.07. The van der Waals surface area contributed by atoms with Gasteiger partial charge >= 0.3 is 0 Å². The van der Waals surface area contributed by atoms with Gasteiger partial charge in [-0.3, -0.25) is 9.48 Å². The van der Waals surface area contributed by atoms with Gasteiger partial charge in [-0.2, -0.15) is 5.10 Å². The summed E-state index contributed by atoms with van der Waals surface area (Å²) in [5.41, 5.74) is 1.53. The zero-order valence-electron chi connectivity index (χ0n) is 10.2. The van der Waals surface area contributed by atoms with Crippen LogP contribution in [0.15, 0.2) is 22.7 Å². The van der Waals surface area contributed by atoms with Crippen molar-refractivity contribution in [1.82, 2.24) is 9.78 Å². The Morgan fingerprint density at radius 1 is 1.37 bits per heavy atom. The van der Waals surface area contributed by atoms with Crippen molar-refractivity contribution in [3.05, 3.63) is 44.1 Å². The summed E-state index contributed by atoms with van der Waals surface area (Å²) in [4.78, 5) is 12.2. The molecule has 1 N–H and O–H groups in total. The zero-order chi connectivity index (χ0) is 14.2. The lowest BCUT2D eigenvalue weighted by atomic mass is 10.3. The van der Waals surface area contributed by atoms with Crippen molar-refractivity contribution < 1.29 is 4.79 Å². The number of benzene rings is 1. The van der Waals surface area contributed by atoms with Crippen LogP contribution in [0.1, 0.15) is 16.2 Å². The van der Waals surface area contributed by atoms with E-state index in [0.29, 0.717) is 20.2 Å². The van der Waals surface area contributed by atoms with Crippen molar-refractivity contribution in [2.24, 2.45) is 7.05 Å². The van der Waals surface area contributed by atoms with Crippen molar-refractivity contribution >= 4 is 50.7 Å². The van der Waals surface area contributed by atoms with E-state index in [1.54, 1.807) is 29.9 Å². The zero-order valence-corrected chi connectivity index (χ0v) is 13.3. The fraction of sp³-hybridized carbons (Fsp3) is 0.167. The molecule has 0 fully saturated rings. The van der Waals surface area contributed by atoms with Crippen molar-refractivity contribution in [3.63, 3.8) is 0 Å². The number of nitrogens with one attached hydrogen (secondary N) is 1. The van der Waals surface area contributed by atoms with Crippen molar-refractivity contribution in [2.75, 3.05) is 5.32 Å². The Hall–Kier alpha value is -1.04. The Bertz CT molecular complexity index is 634. The second kappa shape index (κ2) is 5.53. The maximum Gasteiger partial charge on any atom is 0.277 e. The van der Waals surface area contributed by atoms with Gasteiger partial charge in [0.25, 0.3) is 5.91 Å². The van der Waals surface area contributed by atoms with Crippen LogP contribution in [0.3, 0.4) is 0 Å². The van der Waals surface area contributed by atoms with E-state index >= 15 is 0 Å². The largest absolute Gasteiger partial charge is 0.318 e. The molecule has 1 aromatic heterocycles. The van der Waals surface area contributed by atoms with E-state index in [2.05, 4.69) is 26.3 Å². The molecule has 1 amide bonds. The van der Waals surface area contributed by atoms with Crippen LogP contribution < -0.4 is 5.32 Å². The molecule has 7 heteroatoms. The number of carbonyl (C=O) groups is 1. The molecule has 1 heterocycles. The minimum absolute atomic E-state index is 0.288. The van der Waals surface area contributed by atoms with Crippen LogP contribution in [0.2, 0.25) is 10.0 Å². The quantitative estimate of drug-likeness (QED) is 0.875. The van der Waals surface area contributed by atoms with Gasteiger partial charge in [-0.15, -0.1) is 0 Å². The van der Waals surface area contributed by atoms with Gasteiger partial charge in [0.05, 0.1) is 25.9 Å². The number of carbonyl (C=O) groups excluding carboxylic acids is 1. The van der Waals surface area contributed by atoms with Crippen LogP contribution in [-0.2, 0) is 7.05 Å². The first kappa shape index (κ1) is 14.4. The molecule has 4 nitrogen and oxygen atoms in total. The molecule has 100 valence electrons. The first-order valence-corrected chi connectivity index (χ1v) is 6.91. The highest BCUT2D eigenvalue weighted by Gasteiger charge is 2.19. The first-order chi connectivity index (χ1) is 8.91. The van der Waals surface area contributed by atoms with E-state index in [-0.39, 0.29) is 11.6 Å². The van der Waals surface area contributed by atoms with E-state index in [9.17, 15) is 4.79 Å². The number of hydrogen-bond donors (Lipinski definition) is 1. The number of aromatic nitrogens is 2. The van der Waals surface area contributed by atoms with Gasteiger partial charge in [0.15, 0.2) is 5.69 Å². The summed E-state index contributed by atoms with van der Waals surface area (Å²) in [7, 11) is 1.76. The van der Waals surface area contributed by atoms with Crippen molar-refractivity contribution in [2.45, 2.75) is 6.92 Å². The summed E-state index contributed by atoms with van der Waals surface area (Å²) in [5.74, 6) is -0.370. The first-order valence-electron chi connectivity index (χ1n) is 5.36. The molecule has 0 aliphatic carbocycles. The molecule has 0 aliphatic rings. The Morgan fingerprint density at radius 2 is 1.95 bits per heavy atom. The molecule has 0 saturated heterocycles. The Balaban J connectivity index is 2.34. The van der Waals surface area contributed by atoms with Gasteiger partial charge in [0, 0.05) is 7.05 Å². The molecule has 19 heavy (non-hydrogen) atoms. The Morgan fingerprint density at radius 3 is 2.42 bits per heavy atom. The van der Waals surface area contributed by atoms with E-state index in [4.69, 9.17) is 23.2 Å². The van der Waals surface area contributed by atoms with Crippen LogP contribution in [-0.4, -0.2) is 15.7 Å². The molecule has 0 bridgehead atoms. The summed E-state index contributed by atoms with van der Waals surface area (Å²) in [6.45, 7) is 1.86. The predicted octanol–water partition coefficient (Wildman–Crippen LogP) is 4.05. The smallest absolute Gasteiger partial charge is 0.277 e. The molecule has 0 saturated carbocycles. The van der Waals surface area contributed by atoms with Crippen LogP contribution in [0.25, 0.3) is 0 Å². The van der Waals surface area contributed by atoms with Crippen LogP contribution in [0.5, 0.6) is 0 Å². The summed E-state index contributed by atoms with van der Waals surface area (Å²) in [6.07, 6.45) is 0. The summed E-state index contributed by atoms with van der Waals surface area (Å²) < 4.78 is 2.27. The maximum absolute atomic E-state index is 12.2. The number of aryl methyl sites for hydroxylation is 1. The lowest BCUT2D eigenvalue weighted by molar-refractivity contribution is 0.102. The number of rotatable bonds is 2. The monoisotopic (exact) mass is 361 g/mol. The number of amides is 1. The van der Waals surface area contributed by atoms with E-state index < -0.39 is 0 Å². The van der Waals surface area contributed by atoms with E-state index in [0.717, 1.165) is 5.69 Å². The molecule has 0 radical (unpaired) electrons. The van der Waals surface area contributed by atoms with Crippen LogP contribution in [0, 0.1) is 6.92 Å². The number of nitrogens with zero attached hydrogens (tertiary/aromatic N) is 2. The van der Waals surface area contributed by atoms with Gasteiger partial charge in [0.2, 0.25) is 0 Å². The highest BCUT2D eigenvalue weighted by molar-refractivity contribution is 9.10. The average molecular weight is 363 g/mol. The molecular weight excluding hydrogens is 353 g/mol. The summed E-state index contributed by atoms with van der Waals surface area (Å²) in [6, 6.07) is 5.02. The minimum Gasteiger partial charge on any atom is -0.318 e. The topological polar surface area (TPSA) is 46.9 Å². The molecule has 2 aromatic rings. The SMILES string of the molecule is Cc1c(Br)c(C(=O)Nc2c(Cl)cccc2Cl)nn1C. The van der Waals surface area contributed by atoms with Gasteiger partial charge in [-0.05, 0) is 35.0 Å². The highest BCUT2D eigenvalue weighted by Crippen LogP contribution is 2.31. The fourth-order valence-electron chi connectivity index (χ4n) is 1.52. The molecular formula is C12H10BrCl2N3O. The molecule has 0 spiro atoms. The van der Waals surface area contributed by atoms with Crippen molar-refractivity contribution in [3.8, 4) is 0 Å². The molecule has 0 aliphatic heterocycles. The minimum atomic E-state index is -0.370. The normalized spacial score (nSPS) is 10.6. The number of hydrogen-bond acceptors (Lipinski definition) is 2. The third-order valence-electron chi connectivity index (χ3n) is 2.68. The van der Waals surface area contributed by atoms with Crippen LogP contribution in [0.4, 0.5) is 5.69 Å². The standard InChI is InChI=1S/C12H10BrCl2N3O/c1-6-9(13)11(17-18(6)2)12(19)16-10-7(14)4-3-5-8(10)15/h3-5H,1-2H3,(H,16,19). The van der Waals surface area contributed by atoms with Gasteiger partial charge in [-0.25, -0.2) is 0 Å². The maximum atomic E-state index is 12.2. The average Bonchev–Trinajstić information content (AvgIpc) is 2.62. The summed E-state index contributed by atoms with van der Waals surface area (Å²) >= 11 is 15.3. The third-order valence-corrected chi connectivity index (χ3v) is 4.26. The molecule has 0 atom stereocenters. The molecule has 2 rings (SSSR count). The van der Waals surface area contributed by atoms with E-state index in [1.807, 2.05) is 6.92 Å². The number of anilines is 1. The Kier molecular flexibility index (Phi) is 4.18. The second-order valence-electron chi connectivity index (χ2n) is 3.92. The van der Waals surface area contributed by atoms with Crippen molar-refractivity contribution in [1.29, 1.82) is 0 Å². The summed E-state index contributed by atoms with van der Waals surface area (Å²) in [5, 5.41) is 7.56. The van der Waals surface area contributed by atoms with Crippen LogP contribution >= 0.6 is 39.1 Å². The Labute approximate surface area is 128 Å². The van der Waals surface area contributed by atoms with Gasteiger partial charge < -0.3 is 5.32 Å². The number of halogens is 3. The predicted molar refractivity (Wildman–Crippen MR) is 80.1 cm³/mol. The molecule has 1 aromatic carbocycles. The third kappa shape index (κ3) is 2.78. The second-order valence-corrected chi connectivity index (χ2v) is 5.53. The highest BCUT2D eigenvalue weighted by atomic mass is 79.9. The fourth-order valence-corrected chi connectivity index (χ4v) is 2.53. The van der Waals surface area contributed by atoms with E-state index in [1.165, 1.54) is 0 Å². The van der Waals surface area contributed by atoms with Gasteiger partial charge in [-0.1, -0.05) is 29.3 Å². The van der Waals surface area contributed by atoms with Gasteiger partial charge in [0.1, 0.15) is 0 Å².